The molecule has 32 heavy (non-hydrogen) atoms. The highest BCUT2D eigenvalue weighted by Gasteiger charge is 2.22. The van der Waals surface area contributed by atoms with Gasteiger partial charge in [0.05, 0.1) is 7.11 Å². The van der Waals surface area contributed by atoms with Crippen LogP contribution in [0.4, 0.5) is 4.39 Å². The second-order valence-corrected chi connectivity index (χ2v) is 7.82. The van der Waals surface area contributed by atoms with Crippen LogP contribution in [0.2, 0.25) is 0 Å². The third-order valence-electron chi connectivity index (χ3n) is 5.55. The zero-order valence-electron chi connectivity index (χ0n) is 18.1. The summed E-state index contributed by atoms with van der Waals surface area (Å²) in [6.07, 6.45) is 0. The largest absolute Gasteiger partial charge is 0.497 e. The van der Waals surface area contributed by atoms with Gasteiger partial charge in [-0.15, -0.1) is 0 Å². The van der Waals surface area contributed by atoms with E-state index in [9.17, 15) is 14.3 Å². The minimum atomic E-state index is -1.00. The molecule has 0 saturated carbocycles. The molecule has 6 heteroatoms. The Kier molecular flexibility index (Phi) is 6.23. The molecule has 0 spiro atoms. The number of aromatic carboxylic acids is 1. The van der Waals surface area contributed by atoms with E-state index in [0.717, 1.165) is 33.3 Å². The number of methoxy groups -OCH3 is 1. The number of ether oxygens (including phenoxy) is 1. The normalized spacial score (nSPS) is 11.1. The Balaban J connectivity index is 1.69. The molecule has 5 nitrogen and oxygen atoms in total. The smallest absolute Gasteiger partial charge is 0.352 e. The number of carbonyl (C=O) groups is 1. The van der Waals surface area contributed by atoms with Crippen LogP contribution in [0, 0.1) is 12.7 Å². The summed E-state index contributed by atoms with van der Waals surface area (Å²) < 4.78 is 20.7. The third-order valence-corrected chi connectivity index (χ3v) is 5.55. The summed E-state index contributed by atoms with van der Waals surface area (Å²) in [5, 5.41) is 14.3. The number of nitrogens with zero attached hydrogens (tertiary/aromatic N) is 1. The quantitative estimate of drug-likeness (QED) is 0.405. The Morgan fingerprint density at radius 2 is 1.81 bits per heavy atom. The molecule has 0 saturated heterocycles. The summed E-state index contributed by atoms with van der Waals surface area (Å²) in [5.74, 6) is -0.553. The van der Waals surface area contributed by atoms with Gasteiger partial charge in [-0.05, 0) is 53.9 Å². The molecule has 3 aromatic carbocycles. The fourth-order valence-electron chi connectivity index (χ4n) is 4.01. The summed E-state index contributed by atoms with van der Waals surface area (Å²) in [5.41, 5.74) is 4.58. The highest BCUT2D eigenvalue weighted by atomic mass is 19.1. The Bertz CT molecular complexity index is 1260. The van der Waals surface area contributed by atoms with Crippen LogP contribution in [0.25, 0.3) is 10.9 Å². The summed E-state index contributed by atoms with van der Waals surface area (Å²) in [7, 11) is 1.63. The van der Waals surface area contributed by atoms with Crippen molar-refractivity contribution in [1.82, 2.24) is 9.88 Å². The molecule has 0 bridgehead atoms. The van der Waals surface area contributed by atoms with Crippen LogP contribution in [0.3, 0.4) is 0 Å². The van der Waals surface area contributed by atoms with Gasteiger partial charge in [-0.2, -0.15) is 0 Å². The number of benzene rings is 3. The second kappa shape index (κ2) is 9.24. The van der Waals surface area contributed by atoms with E-state index in [2.05, 4.69) is 5.32 Å². The number of rotatable bonds is 8. The van der Waals surface area contributed by atoms with Crippen LogP contribution in [0.5, 0.6) is 5.75 Å². The minimum absolute atomic E-state index is 0.220. The van der Waals surface area contributed by atoms with Crippen molar-refractivity contribution in [2.45, 2.75) is 26.6 Å². The number of hydrogen-bond donors (Lipinski definition) is 2. The summed E-state index contributed by atoms with van der Waals surface area (Å²) >= 11 is 0. The van der Waals surface area contributed by atoms with E-state index in [4.69, 9.17) is 4.74 Å². The fraction of sp³-hybridized carbons (Fsp3) is 0.192. The number of aromatic nitrogens is 1. The number of carboxylic acid groups (broad SMARTS) is 1. The van der Waals surface area contributed by atoms with Crippen molar-refractivity contribution in [3.05, 3.63) is 100 Å². The van der Waals surface area contributed by atoms with Gasteiger partial charge in [0.1, 0.15) is 17.3 Å². The Labute approximate surface area is 186 Å². The van der Waals surface area contributed by atoms with E-state index in [0.29, 0.717) is 18.7 Å². The number of fused-ring (bicyclic) bond motifs is 1. The Morgan fingerprint density at radius 1 is 1.03 bits per heavy atom. The van der Waals surface area contributed by atoms with Gasteiger partial charge in [-0.1, -0.05) is 36.4 Å². The van der Waals surface area contributed by atoms with Crippen molar-refractivity contribution in [2.24, 2.45) is 0 Å². The third kappa shape index (κ3) is 4.50. The molecule has 4 aromatic rings. The lowest BCUT2D eigenvalue weighted by Crippen LogP contribution is -2.17. The van der Waals surface area contributed by atoms with Gasteiger partial charge in [-0.25, -0.2) is 9.18 Å². The first-order valence-electron chi connectivity index (χ1n) is 10.4. The molecular weight excluding hydrogens is 407 g/mol. The predicted octanol–water partition coefficient (Wildman–Crippen LogP) is 5.13. The summed E-state index contributed by atoms with van der Waals surface area (Å²) in [6, 6.07) is 19.9. The van der Waals surface area contributed by atoms with Crippen molar-refractivity contribution >= 4 is 16.9 Å². The Morgan fingerprint density at radius 3 is 2.50 bits per heavy atom. The number of nitrogens with one attached hydrogen (secondary N) is 1. The first kappa shape index (κ1) is 21.6. The van der Waals surface area contributed by atoms with Crippen LogP contribution < -0.4 is 10.1 Å². The van der Waals surface area contributed by atoms with E-state index < -0.39 is 5.97 Å². The molecule has 0 aliphatic rings. The molecule has 4 rings (SSSR count). The lowest BCUT2D eigenvalue weighted by atomic mass is 10.1. The van der Waals surface area contributed by atoms with Gasteiger partial charge in [0.25, 0.3) is 0 Å². The molecule has 164 valence electrons. The van der Waals surface area contributed by atoms with E-state index >= 15 is 0 Å². The van der Waals surface area contributed by atoms with Crippen LogP contribution in [0.1, 0.15) is 32.7 Å². The molecule has 0 amide bonds. The van der Waals surface area contributed by atoms with Crippen LogP contribution >= 0.6 is 0 Å². The molecule has 1 heterocycles. The van der Waals surface area contributed by atoms with Crippen molar-refractivity contribution in [3.63, 3.8) is 0 Å². The topological polar surface area (TPSA) is 63.5 Å². The minimum Gasteiger partial charge on any atom is -0.497 e. The zero-order valence-corrected chi connectivity index (χ0v) is 18.1. The van der Waals surface area contributed by atoms with E-state index in [1.54, 1.807) is 23.8 Å². The molecular formula is C26H25FN2O3. The first-order valence-corrected chi connectivity index (χ1v) is 10.4. The standard InChI is InChI=1S/C26H25FN2O3/c1-17-6-11-22-23(15-28-14-18-7-9-21(32-2)10-8-18)25(26(30)31)29(24(22)12-17)16-19-4-3-5-20(27)13-19/h3-13,28H,14-16H2,1-2H3,(H,30,31). The number of aryl methyl sites for hydroxylation is 1. The van der Waals surface area contributed by atoms with Crippen LogP contribution in [-0.2, 0) is 19.6 Å². The monoisotopic (exact) mass is 432 g/mol. The van der Waals surface area contributed by atoms with Gasteiger partial charge in [0.2, 0.25) is 0 Å². The fourth-order valence-corrected chi connectivity index (χ4v) is 4.01. The van der Waals surface area contributed by atoms with Gasteiger partial charge in [0.15, 0.2) is 0 Å². The predicted molar refractivity (Wildman–Crippen MR) is 123 cm³/mol. The van der Waals surface area contributed by atoms with Gasteiger partial charge >= 0.3 is 5.97 Å². The molecule has 0 aliphatic heterocycles. The molecule has 0 radical (unpaired) electrons. The van der Waals surface area contributed by atoms with Gasteiger partial charge < -0.3 is 19.7 Å². The lowest BCUT2D eigenvalue weighted by Gasteiger charge is -2.10. The number of halogens is 1. The molecule has 0 atom stereocenters. The number of hydrogen-bond acceptors (Lipinski definition) is 3. The SMILES string of the molecule is COc1ccc(CNCc2c(C(=O)O)n(Cc3cccc(F)c3)c3cc(C)ccc23)cc1. The van der Waals surface area contributed by atoms with Crippen molar-refractivity contribution < 1.29 is 19.0 Å². The average Bonchev–Trinajstić information content (AvgIpc) is 3.07. The molecule has 0 aliphatic carbocycles. The van der Waals surface area contributed by atoms with Gasteiger partial charge in [-0.3, -0.25) is 0 Å². The van der Waals surface area contributed by atoms with Crippen molar-refractivity contribution in [2.75, 3.05) is 7.11 Å². The molecule has 1 aromatic heterocycles. The van der Waals surface area contributed by atoms with Crippen molar-refractivity contribution in [3.8, 4) is 5.75 Å². The van der Waals surface area contributed by atoms with Crippen LogP contribution in [-0.4, -0.2) is 22.8 Å². The summed E-state index contributed by atoms with van der Waals surface area (Å²) in [6.45, 7) is 3.23. The van der Waals surface area contributed by atoms with E-state index in [1.807, 2.05) is 49.4 Å². The molecule has 0 unspecified atom stereocenters. The maximum absolute atomic E-state index is 13.7. The van der Waals surface area contributed by atoms with E-state index in [-0.39, 0.29) is 18.1 Å². The lowest BCUT2D eigenvalue weighted by molar-refractivity contribution is 0.0684. The van der Waals surface area contributed by atoms with Crippen LogP contribution in [0.15, 0.2) is 66.7 Å². The second-order valence-electron chi connectivity index (χ2n) is 7.82. The molecule has 0 fully saturated rings. The van der Waals surface area contributed by atoms with E-state index in [1.165, 1.54) is 12.1 Å². The summed E-state index contributed by atoms with van der Waals surface area (Å²) in [4.78, 5) is 12.3. The Hall–Kier alpha value is -3.64. The maximum atomic E-state index is 13.7. The average molecular weight is 432 g/mol. The zero-order chi connectivity index (χ0) is 22.7. The van der Waals surface area contributed by atoms with Gasteiger partial charge in [0, 0.05) is 36.1 Å². The highest BCUT2D eigenvalue weighted by molar-refractivity contribution is 5.98. The highest BCUT2D eigenvalue weighted by Crippen LogP contribution is 2.29. The maximum Gasteiger partial charge on any atom is 0.352 e. The first-order chi connectivity index (χ1) is 15.5. The molecule has 2 N–H and O–H groups in total. The number of carboxylic acids is 1. The van der Waals surface area contributed by atoms with Crippen molar-refractivity contribution in [1.29, 1.82) is 0 Å².